The van der Waals surface area contributed by atoms with Crippen LogP contribution in [0, 0.1) is 5.92 Å². The topological polar surface area (TPSA) is 44.1 Å². The lowest BCUT2D eigenvalue weighted by Crippen LogP contribution is -2.01. The average molecular weight is 288 g/mol. The zero-order valence-electron chi connectivity index (χ0n) is 13.3. The minimum Gasteiger partial charge on any atom is -0.465 e. The Morgan fingerprint density at radius 1 is 1.33 bits per heavy atom. The molecule has 4 heteroatoms. The number of nitrogens with zero attached hydrogens (tertiary/aromatic N) is 2. The molecule has 2 rings (SSSR count). The first-order valence-electron chi connectivity index (χ1n) is 7.64. The summed E-state index contributed by atoms with van der Waals surface area (Å²) in [6.07, 6.45) is 4.58. The molecule has 0 saturated carbocycles. The molecule has 0 aliphatic rings. The van der Waals surface area contributed by atoms with E-state index in [0.717, 1.165) is 35.4 Å². The SMILES string of the molecule is CCC(CC)CCc1nn(C)c2cc(C(=O)OC)ccc12. The van der Waals surface area contributed by atoms with E-state index in [1.807, 2.05) is 29.9 Å². The summed E-state index contributed by atoms with van der Waals surface area (Å²) in [7, 11) is 3.32. The molecular weight excluding hydrogens is 264 g/mol. The van der Waals surface area contributed by atoms with E-state index in [9.17, 15) is 4.79 Å². The summed E-state index contributed by atoms with van der Waals surface area (Å²) >= 11 is 0. The van der Waals surface area contributed by atoms with Gasteiger partial charge in [0.2, 0.25) is 0 Å². The molecular formula is C17H24N2O2. The maximum atomic E-state index is 11.6. The van der Waals surface area contributed by atoms with Gasteiger partial charge < -0.3 is 4.74 Å². The largest absolute Gasteiger partial charge is 0.465 e. The molecule has 0 atom stereocenters. The number of rotatable bonds is 6. The van der Waals surface area contributed by atoms with Gasteiger partial charge in [0.1, 0.15) is 0 Å². The number of hydrogen-bond donors (Lipinski definition) is 0. The van der Waals surface area contributed by atoms with Gasteiger partial charge in [-0.15, -0.1) is 0 Å². The first kappa shape index (κ1) is 15.5. The Hall–Kier alpha value is -1.84. The number of methoxy groups -OCH3 is 1. The van der Waals surface area contributed by atoms with Gasteiger partial charge in [-0.25, -0.2) is 4.79 Å². The lowest BCUT2D eigenvalue weighted by Gasteiger charge is -2.10. The van der Waals surface area contributed by atoms with E-state index in [0.29, 0.717) is 5.56 Å². The van der Waals surface area contributed by atoms with Crippen LogP contribution >= 0.6 is 0 Å². The lowest BCUT2D eigenvalue weighted by atomic mass is 9.96. The Bertz CT molecular complexity index is 627. The van der Waals surface area contributed by atoms with Crippen LogP contribution in [-0.4, -0.2) is 22.9 Å². The van der Waals surface area contributed by atoms with Crippen LogP contribution in [-0.2, 0) is 18.2 Å². The molecule has 0 N–H and O–H groups in total. The molecule has 1 aromatic carbocycles. The van der Waals surface area contributed by atoms with Gasteiger partial charge in [-0.3, -0.25) is 4.68 Å². The number of aryl methyl sites for hydroxylation is 2. The number of aromatic nitrogens is 2. The molecule has 1 heterocycles. The average Bonchev–Trinajstić information content (AvgIpc) is 2.83. The van der Waals surface area contributed by atoms with Gasteiger partial charge in [0.15, 0.2) is 0 Å². The van der Waals surface area contributed by atoms with Crippen LogP contribution in [0.1, 0.15) is 49.2 Å². The highest BCUT2D eigenvalue weighted by Crippen LogP contribution is 2.23. The number of esters is 1. The number of hydrogen-bond acceptors (Lipinski definition) is 3. The maximum absolute atomic E-state index is 11.6. The molecule has 0 saturated heterocycles. The number of carbonyl (C=O) groups is 1. The van der Waals surface area contributed by atoms with Gasteiger partial charge in [-0.1, -0.05) is 32.8 Å². The van der Waals surface area contributed by atoms with E-state index >= 15 is 0 Å². The smallest absolute Gasteiger partial charge is 0.337 e. The molecule has 0 spiro atoms. The van der Waals surface area contributed by atoms with Crippen LogP contribution in [0.2, 0.25) is 0 Å². The van der Waals surface area contributed by atoms with E-state index in [1.165, 1.54) is 20.0 Å². The van der Waals surface area contributed by atoms with E-state index < -0.39 is 0 Å². The number of benzene rings is 1. The van der Waals surface area contributed by atoms with Gasteiger partial charge >= 0.3 is 5.97 Å². The molecule has 114 valence electrons. The molecule has 1 aromatic heterocycles. The zero-order valence-corrected chi connectivity index (χ0v) is 13.3. The second kappa shape index (κ2) is 6.74. The summed E-state index contributed by atoms with van der Waals surface area (Å²) < 4.78 is 6.62. The molecule has 0 fully saturated rings. The van der Waals surface area contributed by atoms with Gasteiger partial charge in [-0.2, -0.15) is 5.10 Å². The predicted molar refractivity (Wildman–Crippen MR) is 84.4 cm³/mol. The van der Waals surface area contributed by atoms with Crippen molar-refractivity contribution in [3.05, 3.63) is 29.5 Å². The number of carbonyl (C=O) groups excluding carboxylic acids is 1. The van der Waals surface area contributed by atoms with Crippen molar-refractivity contribution >= 4 is 16.9 Å². The standard InChI is InChI=1S/C17H24N2O2/c1-5-12(6-2)7-10-15-14-9-8-13(17(20)21-4)11-16(14)19(3)18-15/h8-9,11-12H,5-7,10H2,1-4H3. The monoisotopic (exact) mass is 288 g/mol. The van der Waals surface area contributed by atoms with Gasteiger partial charge in [0.25, 0.3) is 0 Å². The lowest BCUT2D eigenvalue weighted by molar-refractivity contribution is 0.0601. The molecule has 0 bridgehead atoms. The van der Waals surface area contributed by atoms with Gasteiger partial charge in [-0.05, 0) is 30.9 Å². The van der Waals surface area contributed by atoms with Gasteiger partial charge in [0, 0.05) is 12.4 Å². The second-order valence-electron chi connectivity index (χ2n) is 5.52. The van der Waals surface area contributed by atoms with Crippen LogP contribution in [0.4, 0.5) is 0 Å². The summed E-state index contributed by atoms with van der Waals surface area (Å²) in [5.41, 5.74) is 2.67. The van der Waals surface area contributed by atoms with Gasteiger partial charge in [0.05, 0.1) is 23.9 Å². The molecule has 21 heavy (non-hydrogen) atoms. The predicted octanol–water partition coefficient (Wildman–Crippen LogP) is 3.73. The minimum absolute atomic E-state index is 0.309. The molecule has 2 aromatic rings. The fourth-order valence-corrected chi connectivity index (χ4v) is 2.80. The van der Waals surface area contributed by atoms with Crippen molar-refractivity contribution < 1.29 is 9.53 Å². The van der Waals surface area contributed by atoms with Crippen molar-refractivity contribution in [2.24, 2.45) is 13.0 Å². The number of fused-ring (bicyclic) bond motifs is 1. The number of ether oxygens (including phenoxy) is 1. The Kier molecular flexibility index (Phi) is 4.99. The summed E-state index contributed by atoms with van der Waals surface area (Å²) in [5.74, 6) is 0.452. The third kappa shape index (κ3) is 3.26. The summed E-state index contributed by atoms with van der Waals surface area (Å²) in [5, 5.41) is 5.76. The third-order valence-electron chi connectivity index (χ3n) is 4.29. The van der Waals surface area contributed by atoms with Crippen molar-refractivity contribution in [1.82, 2.24) is 9.78 Å². The summed E-state index contributed by atoms with van der Waals surface area (Å²) in [4.78, 5) is 11.6. The molecule has 0 aliphatic carbocycles. The van der Waals surface area contributed by atoms with E-state index in [4.69, 9.17) is 4.74 Å². The van der Waals surface area contributed by atoms with Crippen LogP contribution in [0.5, 0.6) is 0 Å². The van der Waals surface area contributed by atoms with Crippen LogP contribution in [0.25, 0.3) is 10.9 Å². The Balaban J connectivity index is 2.28. The minimum atomic E-state index is -0.309. The summed E-state index contributed by atoms with van der Waals surface area (Å²) in [6.45, 7) is 4.49. The quantitative estimate of drug-likeness (QED) is 0.761. The highest BCUT2D eigenvalue weighted by molar-refractivity contribution is 5.95. The Morgan fingerprint density at radius 3 is 2.67 bits per heavy atom. The fourth-order valence-electron chi connectivity index (χ4n) is 2.80. The first-order chi connectivity index (χ1) is 10.1. The third-order valence-corrected chi connectivity index (χ3v) is 4.29. The van der Waals surface area contributed by atoms with Crippen molar-refractivity contribution in [2.45, 2.75) is 39.5 Å². The fraction of sp³-hybridized carbons (Fsp3) is 0.529. The van der Waals surface area contributed by atoms with Crippen molar-refractivity contribution in [1.29, 1.82) is 0 Å². The highest BCUT2D eigenvalue weighted by Gasteiger charge is 2.13. The van der Waals surface area contributed by atoms with Crippen LogP contribution in [0.3, 0.4) is 0 Å². The maximum Gasteiger partial charge on any atom is 0.337 e. The Morgan fingerprint density at radius 2 is 2.05 bits per heavy atom. The van der Waals surface area contributed by atoms with Crippen molar-refractivity contribution in [3.63, 3.8) is 0 Å². The highest BCUT2D eigenvalue weighted by atomic mass is 16.5. The van der Waals surface area contributed by atoms with Crippen LogP contribution in [0.15, 0.2) is 18.2 Å². The van der Waals surface area contributed by atoms with E-state index in [1.54, 1.807) is 0 Å². The second-order valence-corrected chi connectivity index (χ2v) is 5.52. The molecule has 0 aliphatic heterocycles. The van der Waals surface area contributed by atoms with Crippen LogP contribution < -0.4 is 0 Å². The molecule has 0 amide bonds. The van der Waals surface area contributed by atoms with E-state index in [2.05, 4.69) is 18.9 Å². The van der Waals surface area contributed by atoms with Crippen molar-refractivity contribution in [3.8, 4) is 0 Å². The molecule has 4 nitrogen and oxygen atoms in total. The first-order valence-corrected chi connectivity index (χ1v) is 7.64. The molecule has 0 radical (unpaired) electrons. The van der Waals surface area contributed by atoms with Crippen molar-refractivity contribution in [2.75, 3.05) is 7.11 Å². The zero-order chi connectivity index (χ0) is 15.4. The Labute approximate surface area is 126 Å². The normalized spacial score (nSPS) is 11.3. The summed E-state index contributed by atoms with van der Waals surface area (Å²) in [6, 6.07) is 5.65. The van der Waals surface area contributed by atoms with E-state index in [-0.39, 0.29) is 5.97 Å². The molecule has 0 unspecified atom stereocenters.